The highest BCUT2D eigenvalue weighted by atomic mass is 16.7. The SMILES string of the molecule is COCOc1c(O)ccc2c(OC)ccc(OC)c12. The first kappa shape index (κ1) is 13.3. The third kappa shape index (κ3) is 2.37. The van der Waals surface area contributed by atoms with Crippen LogP contribution in [-0.4, -0.2) is 33.2 Å². The summed E-state index contributed by atoms with van der Waals surface area (Å²) in [5.74, 6) is 1.61. The standard InChI is InChI=1S/C14H16O5/c1-16-8-19-14-10(15)5-4-9-11(17-2)6-7-12(18-3)13(9)14/h4-7,15H,8H2,1-3H3. The number of ether oxygens (including phenoxy) is 4. The average molecular weight is 264 g/mol. The lowest BCUT2D eigenvalue weighted by atomic mass is 10.1. The number of phenolic OH excluding ortho intramolecular Hbond substituents is 1. The second kappa shape index (κ2) is 5.67. The van der Waals surface area contributed by atoms with Gasteiger partial charge in [-0.3, -0.25) is 0 Å². The normalized spacial score (nSPS) is 10.5. The Kier molecular flexibility index (Phi) is 3.97. The Morgan fingerprint density at radius 3 is 2.26 bits per heavy atom. The van der Waals surface area contributed by atoms with Gasteiger partial charge in [-0.2, -0.15) is 0 Å². The summed E-state index contributed by atoms with van der Waals surface area (Å²) in [4.78, 5) is 0. The summed E-state index contributed by atoms with van der Waals surface area (Å²) in [5, 5.41) is 11.4. The van der Waals surface area contributed by atoms with Crippen molar-refractivity contribution in [2.45, 2.75) is 0 Å². The van der Waals surface area contributed by atoms with Gasteiger partial charge in [0.15, 0.2) is 18.3 Å². The molecule has 102 valence electrons. The van der Waals surface area contributed by atoms with Crippen molar-refractivity contribution in [3.63, 3.8) is 0 Å². The number of benzene rings is 2. The number of rotatable bonds is 5. The molecule has 0 aliphatic carbocycles. The fourth-order valence-electron chi connectivity index (χ4n) is 1.96. The van der Waals surface area contributed by atoms with E-state index in [1.165, 1.54) is 7.11 Å². The van der Waals surface area contributed by atoms with Crippen molar-refractivity contribution in [1.82, 2.24) is 0 Å². The van der Waals surface area contributed by atoms with Gasteiger partial charge in [0.1, 0.15) is 11.5 Å². The topological polar surface area (TPSA) is 57.2 Å². The monoisotopic (exact) mass is 264 g/mol. The van der Waals surface area contributed by atoms with E-state index in [2.05, 4.69) is 0 Å². The molecule has 2 aromatic rings. The van der Waals surface area contributed by atoms with Gasteiger partial charge in [0.05, 0.1) is 19.6 Å². The molecule has 0 bridgehead atoms. The van der Waals surface area contributed by atoms with E-state index < -0.39 is 0 Å². The third-order valence-corrected chi connectivity index (χ3v) is 2.80. The Bertz CT molecular complexity index is 580. The first-order valence-electron chi connectivity index (χ1n) is 5.71. The van der Waals surface area contributed by atoms with E-state index in [1.54, 1.807) is 38.5 Å². The summed E-state index contributed by atoms with van der Waals surface area (Å²) < 4.78 is 20.9. The van der Waals surface area contributed by atoms with Crippen LogP contribution in [0.25, 0.3) is 10.8 Å². The van der Waals surface area contributed by atoms with Crippen LogP contribution in [-0.2, 0) is 4.74 Å². The maximum absolute atomic E-state index is 9.94. The molecule has 0 unspecified atom stereocenters. The van der Waals surface area contributed by atoms with E-state index in [9.17, 15) is 5.11 Å². The second-order valence-electron chi connectivity index (χ2n) is 3.86. The first-order valence-corrected chi connectivity index (χ1v) is 5.71. The van der Waals surface area contributed by atoms with E-state index in [4.69, 9.17) is 18.9 Å². The average Bonchev–Trinajstić information content (AvgIpc) is 2.45. The highest BCUT2D eigenvalue weighted by molar-refractivity contribution is 5.99. The zero-order chi connectivity index (χ0) is 13.8. The van der Waals surface area contributed by atoms with Crippen LogP contribution in [0.5, 0.6) is 23.0 Å². The van der Waals surface area contributed by atoms with Gasteiger partial charge in [0.2, 0.25) is 0 Å². The van der Waals surface area contributed by atoms with Gasteiger partial charge in [-0.15, -0.1) is 0 Å². The van der Waals surface area contributed by atoms with Crippen LogP contribution in [0.15, 0.2) is 24.3 Å². The molecule has 0 radical (unpaired) electrons. The Morgan fingerprint density at radius 1 is 0.947 bits per heavy atom. The summed E-state index contributed by atoms with van der Waals surface area (Å²) in [6.07, 6.45) is 0. The van der Waals surface area contributed by atoms with Gasteiger partial charge in [0, 0.05) is 12.5 Å². The molecule has 0 fully saturated rings. The molecule has 5 nitrogen and oxygen atoms in total. The van der Waals surface area contributed by atoms with Crippen LogP contribution in [0, 0.1) is 0 Å². The molecule has 0 aliphatic heterocycles. The lowest BCUT2D eigenvalue weighted by Crippen LogP contribution is -2.01. The number of methoxy groups -OCH3 is 3. The van der Waals surface area contributed by atoms with Crippen molar-refractivity contribution >= 4 is 10.8 Å². The molecule has 5 heteroatoms. The molecule has 0 heterocycles. The van der Waals surface area contributed by atoms with Crippen LogP contribution < -0.4 is 14.2 Å². The molecule has 2 aromatic carbocycles. The number of hydrogen-bond donors (Lipinski definition) is 1. The number of phenols is 1. The van der Waals surface area contributed by atoms with Crippen molar-refractivity contribution in [2.24, 2.45) is 0 Å². The fraction of sp³-hybridized carbons (Fsp3) is 0.286. The molecule has 1 N–H and O–H groups in total. The van der Waals surface area contributed by atoms with E-state index in [0.717, 1.165) is 5.39 Å². The Morgan fingerprint density at radius 2 is 1.63 bits per heavy atom. The van der Waals surface area contributed by atoms with Gasteiger partial charge < -0.3 is 24.1 Å². The molecule has 0 saturated carbocycles. The summed E-state index contributed by atoms with van der Waals surface area (Å²) in [7, 11) is 4.66. The Balaban J connectivity index is 2.73. The molecule has 0 aromatic heterocycles. The molecular formula is C14H16O5. The van der Waals surface area contributed by atoms with Gasteiger partial charge >= 0.3 is 0 Å². The molecule has 0 spiro atoms. The number of aromatic hydroxyl groups is 1. The highest BCUT2D eigenvalue weighted by Crippen LogP contribution is 2.43. The van der Waals surface area contributed by atoms with Crippen molar-refractivity contribution in [3.8, 4) is 23.0 Å². The van der Waals surface area contributed by atoms with Crippen molar-refractivity contribution in [2.75, 3.05) is 28.1 Å². The summed E-state index contributed by atoms with van der Waals surface area (Å²) in [6, 6.07) is 6.87. The zero-order valence-corrected chi connectivity index (χ0v) is 11.1. The van der Waals surface area contributed by atoms with Crippen molar-refractivity contribution < 1.29 is 24.1 Å². The predicted molar refractivity (Wildman–Crippen MR) is 71.2 cm³/mol. The maximum atomic E-state index is 9.94. The van der Waals surface area contributed by atoms with Gasteiger partial charge in [0.25, 0.3) is 0 Å². The molecule has 0 aliphatic rings. The minimum atomic E-state index is 0.0242. The first-order chi connectivity index (χ1) is 9.22. The largest absolute Gasteiger partial charge is 0.504 e. The molecule has 0 atom stereocenters. The number of hydrogen-bond acceptors (Lipinski definition) is 5. The van der Waals surface area contributed by atoms with Gasteiger partial charge in [-0.05, 0) is 24.3 Å². The smallest absolute Gasteiger partial charge is 0.188 e. The Hall–Kier alpha value is -2.14. The van der Waals surface area contributed by atoms with Gasteiger partial charge in [-0.1, -0.05) is 0 Å². The molecule has 2 rings (SSSR count). The predicted octanol–water partition coefficient (Wildman–Crippen LogP) is 2.55. The van der Waals surface area contributed by atoms with E-state index in [-0.39, 0.29) is 12.5 Å². The van der Waals surface area contributed by atoms with Crippen LogP contribution >= 0.6 is 0 Å². The van der Waals surface area contributed by atoms with E-state index >= 15 is 0 Å². The van der Waals surface area contributed by atoms with Crippen LogP contribution in [0.2, 0.25) is 0 Å². The maximum Gasteiger partial charge on any atom is 0.188 e. The lowest BCUT2D eigenvalue weighted by Gasteiger charge is -2.15. The number of fused-ring (bicyclic) bond motifs is 1. The van der Waals surface area contributed by atoms with Crippen LogP contribution in [0.1, 0.15) is 0 Å². The van der Waals surface area contributed by atoms with Crippen LogP contribution in [0.3, 0.4) is 0 Å². The molecular weight excluding hydrogens is 248 g/mol. The second-order valence-corrected chi connectivity index (χ2v) is 3.86. The van der Waals surface area contributed by atoms with Crippen LogP contribution in [0.4, 0.5) is 0 Å². The van der Waals surface area contributed by atoms with E-state index in [0.29, 0.717) is 22.6 Å². The lowest BCUT2D eigenvalue weighted by molar-refractivity contribution is 0.0503. The zero-order valence-electron chi connectivity index (χ0n) is 11.1. The fourth-order valence-corrected chi connectivity index (χ4v) is 1.96. The Labute approximate surface area is 111 Å². The van der Waals surface area contributed by atoms with Crippen molar-refractivity contribution in [3.05, 3.63) is 24.3 Å². The molecule has 0 saturated heterocycles. The molecule has 19 heavy (non-hydrogen) atoms. The summed E-state index contributed by atoms with van der Waals surface area (Å²) >= 11 is 0. The quantitative estimate of drug-likeness (QED) is 0.841. The van der Waals surface area contributed by atoms with E-state index in [1.807, 2.05) is 0 Å². The van der Waals surface area contributed by atoms with Crippen molar-refractivity contribution in [1.29, 1.82) is 0 Å². The molecule has 0 amide bonds. The summed E-state index contributed by atoms with van der Waals surface area (Å²) in [6.45, 7) is 0.0348. The summed E-state index contributed by atoms with van der Waals surface area (Å²) in [5.41, 5.74) is 0. The minimum absolute atomic E-state index is 0.0242. The minimum Gasteiger partial charge on any atom is -0.504 e. The highest BCUT2D eigenvalue weighted by Gasteiger charge is 2.16. The van der Waals surface area contributed by atoms with Gasteiger partial charge in [-0.25, -0.2) is 0 Å². The third-order valence-electron chi connectivity index (χ3n) is 2.80.